The minimum Gasteiger partial charge on any atom is -0.481 e. The number of aliphatic carboxylic acids is 1. The van der Waals surface area contributed by atoms with Crippen molar-refractivity contribution < 1.29 is 19.5 Å². The molecule has 1 heterocycles. The van der Waals surface area contributed by atoms with E-state index in [-0.39, 0.29) is 12.8 Å². The number of carbonyl (C=O) groups is 2. The standard InChI is InChI=1S/C8H13N2O4/c11-7(12)1-2-8(13)14-10-5-3-9-4-6-10/h1-6H2,(H,11,12). The molecule has 1 radical (unpaired) electrons. The monoisotopic (exact) mass is 201 g/mol. The average Bonchev–Trinajstić information content (AvgIpc) is 2.16. The molecule has 0 aliphatic carbocycles. The second-order valence-electron chi connectivity index (χ2n) is 2.96. The van der Waals surface area contributed by atoms with Crippen LogP contribution in [0.3, 0.4) is 0 Å². The van der Waals surface area contributed by atoms with E-state index in [2.05, 4.69) is 5.32 Å². The first kappa shape index (κ1) is 10.9. The minimum atomic E-state index is -0.990. The van der Waals surface area contributed by atoms with Crippen LogP contribution in [0.5, 0.6) is 0 Å². The molecule has 79 valence electrons. The first-order chi connectivity index (χ1) is 6.68. The van der Waals surface area contributed by atoms with Crippen molar-refractivity contribution in [1.82, 2.24) is 10.4 Å². The molecule has 1 fully saturated rings. The van der Waals surface area contributed by atoms with Gasteiger partial charge in [0, 0.05) is 26.2 Å². The van der Waals surface area contributed by atoms with Crippen molar-refractivity contribution in [3.63, 3.8) is 0 Å². The molecule has 1 N–H and O–H groups in total. The van der Waals surface area contributed by atoms with Gasteiger partial charge < -0.3 is 9.94 Å². The van der Waals surface area contributed by atoms with Gasteiger partial charge in [-0.25, -0.2) is 5.32 Å². The van der Waals surface area contributed by atoms with E-state index in [1.54, 1.807) is 0 Å². The Bertz CT molecular complexity index is 213. The molecular weight excluding hydrogens is 188 g/mol. The van der Waals surface area contributed by atoms with E-state index >= 15 is 0 Å². The van der Waals surface area contributed by atoms with Gasteiger partial charge in [0.25, 0.3) is 0 Å². The highest BCUT2D eigenvalue weighted by Crippen LogP contribution is 1.99. The van der Waals surface area contributed by atoms with Gasteiger partial charge in [0.05, 0.1) is 12.8 Å². The Morgan fingerprint density at radius 2 is 1.93 bits per heavy atom. The molecule has 0 aromatic carbocycles. The van der Waals surface area contributed by atoms with Crippen molar-refractivity contribution in [2.75, 3.05) is 26.2 Å². The predicted octanol–water partition coefficient (Wildman–Crippen LogP) is -0.771. The Kier molecular flexibility index (Phi) is 4.34. The lowest BCUT2D eigenvalue weighted by Gasteiger charge is -2.24. The second kappa shape index (κ2) is 5.56. The molecule has 0 spiro atoms. The van der Waals surface area contributed by atoms with Crippen LogP contribution in [-0.4, -0.2) is 48.3 Å². The third-order valence-electron chi connectivity index (χ3n) is 1.79. The molecule has 0 aromatic rings. The molecule has 0 aromatic heterocycles. The van der Waals surface area contributed by atoms with Crippen LogP contribution in [0, 0.1) is 0 Å². The highest BCUT2D eigenvalue weighted by molar-refractivity contribution is 5.76. The van der Waals surface area contributed by atoms with Gasteiger partial charge in [0.2, 0.25) is 0 Å². The van der Waals surface area contributed by atoms with E-state index in [1.165, 1.54) is 5.06 Å². The van der Waals surface area contributed by atoms with Gasteiger partial charge in [-0.3, -0.25) is 9.59 Å². The smallest absolute Gasteiger partial charge is 0.325 e. The normalized spacial score (nSPS) is 17.7. The molecule has 1 aliphatic rings. The molecule has 14 heavy (non-hydrogen) atoms. The van der Waals surface area contributed by atoms with Crippen LogP contribution in [0.15, 0.2) is 0 Å². The van der Waals surface area contributed by atoms with Crippen LogP contribution in [0.4, 0.5) is 0 Å². The zero-order chi connectivity index (χ0) is 10.4. The Balaban J connectivity index is 2.15. The summed E-state index contributed by atoms with van der Waals surface area (Å²) in [5.74, 6) is -1.48. The van der Waals surface area contributed by atoms with Crippen LogP contribution in [-0.2, 0) is 14.4 Å². The molecule has 0 bridgehead atoms. The summed E-state index contributed by atoms with van der Waals surface area (Å²) in [6.45, 7) is 2.51. The minimum absolute atomic E-state index is 0.0804. The zero-order valence-corrected chi connectivity index (χ0v) is 7.81. The molecule has 6 heteroatoms. The van der Waals surface area contributed by atoms with Crippen LogP contribution in [0.1, 0.15) is 12.8 Å². The van der Waals surface area contributed by atoms with Crippen LogP contribution < -0.4 is 5.32 Å². The van der Waals surface area contributed by atoms with Gasteiger partial charge in [0.1, 0.15) is 0 Å². The van der Waals surface area contributed by atoms with Gasteiger partial charge in [-0.05, 0) is 0 Å². The van der Waals surface area contributed by atoms with Crippen molar-refractivity contribution in [1.29, 1.82) is 0 Å². The molecule has 1 saturated heterocycles. The average molecular weight is 201 g/mol. The van der Waals surface area contributed by atoms with E-state index in [4.69, 9.17) is 9.94 Å². The Morgan fingerprint density at radius 3 is 2.50 bits per heavy atom. The summed E-state index contributed by atoms with van der Waals surface area (Å²) in [7, 11) is 0. The molecule has 0 unspecified atom stereocenters. The number of hydrogen-bond acceptors (Lipinski definition) is 4. The maximum absolute atomic E-state index is 11.1. The maximum Gasteiger partial charge on any atom is 0.325 e. The number of carboxylic acid groups (broad SMARTS) is 1. The van der Waals surface area contributed by atoms with Crippen molar-refractivity contribution in [2.24, 2.45) is 0 Å². The molecule has 0 atom stereocenters. The summed E-state index contributed by atoms with van der Waals surface area (Å²) in [6, 6.07) is 0. The molecule has 0 amide bonds. The Morgan fingerprint density at radius 1 is 1.29 bits per heavy atom. The number of hydroxylamine groups is 2. The fourth-order valence-electron chi connectivity index (χ4n) is 1.08. The summed E-state index contributed by atoms with van der Waals surface area (Å²) in [4.78, 5) is 26.1. The van der Waals surface area contributed by atoms with Crippen molar-refractivity contribution in [2.45, 2.75) is 12.8 Å². The summed E-state index contributed by atoms with van der Waals surface area (Å²) in [6.07, 6.45) is -0.264. The number of rotatable bonds is 4. The molecule has 6 nitrogen and oxygen atoms in total. The van der Waals surface area contributed by atoms with Gasteiger partial charge in [-0.15, -0.1) is 5.06 Å². The fourth-order valence-corrected chi connectivity index (χ4v) is 1.08. The van der Waals surface area contributed by atoms with E-state index in [0.29, 0.717) is 26.2 Å². The van der Waals surface area contributed by atoms with Gasteiger partial charge in [-0.1, -0.05) is 0 Å². The van der Waals surface area contributed by atoms with Crippen molar-refractivity contribution in [3.8, 4) is 0 Å². The van der Waals surface area contributed by atoms with Crippen LogP contribution >= 0.6 is 0 Å². The van der Waals surface area contributed by atoms with E-state index in [9.17, 15) is 9.59 Å². The Labute approximate surface area is 81.8 Å². The number of carbonyl (C=O) groups excluding carboxylic acids is 1. The van der Waals surface area contributed by atoms with E-state index < -0.39 is 11.9 Å². The third kappa shape index (κ3) is 4.20. The maximum atomic E-state index is 11.1. The number of piperazine rings is 1. The summed E-state index contributed by atoms with van der Waals surface area (Å²) in [5.41, 5.74) is 0. The first-order valence-electron chi connectivity index (χ1n) is 4.49. The summed E-state index contributed by atoms with van der Waals surface area (Å²) >= 11 is 0. The van der Waals surface area contributed by atoms with Crippen LogP contribution in [0.2, 0.25) is 0 Å². The highest BCUT2D eigenvalue weighted by Gasteiger charge is 2.15. The number of nitrogens with zero attached hydrogens (tertiary/aromatic N) is 2. The van der Waals surface area contributed by atoms with Gasteiger partial charge in [-0.2, -0.15) is 0 Å². The lowest BCUT2D eigenvalue weighted by molar-refractivity contribution is -0.193. The topological polar surface area (TPSA) is 80.9 Å². The number of carboxylic acids is 1. The molecule has 1 rings (SSSR count). The first-order valence-corrected chi connectivity index (χ1v) is 4.49. The van der Waals surface area contributed by atoms with E-state index in [1.807, 2.05) is 0 Å². The zero-order valence-electron chi connectivity index (χ0n) is 7.81. The summed E-state index contributed by atoms with van der Waals surface area (Å²) < 4.78 is 0. The third-order valence-corrected chi connectivity index (χ3v) is 1.79. The van der Waals surface area contributed by atoms with Crippen molar-refractivity contribution in [3.05, 3.63) is 0 Å². The lowest BCUT2D eigenvalue weighted by atomic mass is 10.3. The largest absolute Gasteiger partial charge is 0.481 e. The Hall–Kier alpha value is -1.14. The van der Waals surface area contributed by atoms with E-state index in [0.717, 1.165) is 0 Å². The quantitative estimate of drug-likeness (QED) is 0.646. The SMILES string of the molecule is O=C(O)CCC(=O)ON1CC[N]CC1. The fraction of sp³-hybridized carbons (Fsp3) is 0.750. The highest BCUT2D eigenvalue weighted by atomic mass is 16.7. The number of hydrogen-bond donors (Lipinski definition) is 1. The van der Waals surface area contributed by atoms with Crippen molar-refractivity contribution >= 4 is 11.9 Å². The molecule has 0 saturated carbocycles. The second-order valence-corrected chi connectivity index (χ2v) is 2.96. The summed E-state index contributed by atoms with van der Waals surface area (Å²) in [5, 5.41) is 13.9. The predicted molar refractivity (Wildman–Crippen MR) is 46.4 cm³/mol. The molecule has 1 aliphatic heterocycles. The van der Waals surface area contributed by atoms with Gasteiger partial charge in [0.15, 0.2) is 0 Å². The lowest BCUT2D eigenvalue weighted by Crippen LogP contribution is -2.41. The van der Waals surface area contributed by atoms with Gasteiger partial charge >= 0.3 is 11.9 Å². The molecular formula is C8H13N2O4. The van der Waals surface area contributed by atoms with Crippen LogP contribution in [0.25, 0.3) is 0 Å².